The molecule has 8 nitrogen and oxygen atoms in total. The lowest BCUT2D eigenvalue weighted by Gasteiger charge is -2.30. The molecule has 2 unspecified atom stereocenters. The zero-order valence-electron chi connectivity index (χ0n) is 18.0. The molecule has 0 aliphatic carbocycles. The molecule has 2 aromatic carbocycles. The third-order valence-electron chi connectivity index (χ3n) is 5.60. The van der Waals surface area contributed by atoms with Crippen LogP contribution in [0, 0.1) is 0 Å². The van der Waals surface area contributed by atoms with Gasteiger partial charge in [0.1, 0.15) is 0 Å². The number of benzene rings is 2. The lowest BCUT2D eigenvalue weighted by atomic mass is 9.97. The largest absolute Gasteiger partial charge is 0.479 e. The Hall–Kier alpha value is -2.94. The molecular weight excluding hydrogens is 448 g/mol. The molecule has 0 spiro atoms. The third kappa shape index (κ3) is 7.02. The van der Waals surface area contributed by atoms with Crippen LogP contribution in [-0.4, -0.2) is 69.3 Å². The molecule has 176 valence electrons. The van der Waals surface area contributed by atoms with Crippen LogP contribution < -0.4 is 5.32 Å². The summed E-state index contributed by atoms with van der Waals surface area (Å²) in [7, 11) is 0. The molecule has 4 N–H and O–H groups in total. The second-order valence-electron chi connectivity index (χ2n) is 8.22. The predicted octanol–water partition coefficient (Wildman–Crippen LogP) is 1.85. The SMILES string of the molecule is O=C(NC(Cc1ccc(-c2cccc(Cl)c2)cc1)CC(O)C(=O)O)C(=O)N1CCC[C@@H](O)C1. The molecule has 2 amide bonds. The number of aliphatic hydroxyl groups is 2. The van der Waals surface area contributed by atoms with Crippen molar-refractivity contribution in [3.05, 3.63) is 59.1 Å². The summed E-state index contributed by atoms with van der Waals surface area (Å²) in [5, 5.41) is 31.9. The van der Waals surface area contributed by atoms with E-state index in [4.69, 9.17) is 16.7 Å². The van der Waals surface area contributed by atoms with Crippen LogP contribution in [0.2, 0.25) is 5.02 Å². The summed E-state index contributed by atoms with van der Waals surface area (Å²) in [4.78, 5) is 37.5. The van der Waals surface area contributed by atoms with E-state index in [0.29, 0.717) is 24.4 Å². The number of hydrogen-bond acceptors (Lipinski definition) is 5. The Balaban J connectivity index is 1.70. The molecule has 0 aromatic heterocycles. The molecule has 0 saturated carbocycles. The topological polar surface area (TPSA) is 127 Å². The van der Waals surface area contributed by atoms with E-state index in [2.05, 4.69) is 5.32 Å². The van der Waals surface area contributed by atoms with Crippen molar-refractivity contribution in [1.82, 2.24) is 10.2 Å². The van der Waals surface area contributed by atoms with Gasteiger partial charge in [0.15, 0.2) is 6.10 Å². The summed E-state index contributed by atoms with van der Waals surface area (Å²) in [5.41, 5.74) is 2.67. The van der Waals surface area contributed by atoms with Crippen molar-refractivity contribution in [2.24, 2.45) is 0 Å². The van der Waals surface area contributed by atoms with Gasteiger partial charge in [0, 0.05) is 30.6 Å². The second-order valence-corrected chi connectivity index (χ2v) is 8.66. The number of rotatable bonds is 7. The number of halogens is 1. The minimum absolute atomic E-state index is 0.0830. The summed E-state index contributed by atoms with van der Waals surface area (Å²) >= 11 is 6.05. The second kappa shape index (κ2) is 11.3. The summed E-state index contributed by atoms with van der Waals surface area (Å²) in [6, 6.07) is 14.1. The van der Waals surface area contributed by atoms with Crippen LogP contribution in [0.15, 0.2) is 48.5 Å². The summed E-state index contributed by atoms with van der Waals surface area (Å²) in [5.74, 6) is -3.07. The van der Waals surface area contributed by atoms with E-state index in [1.54, 1.807) is 6.07 Å². The predicted molar refractivity (Wildman–Crippen MR) is 123 cm³/mol. The highest BCUT2D eigenvalue weighted by Crippen LogP contribution is 2.23. The molecule has 1 aliphatic heterocycles. The maximum Gasteiger partial charge on any atom is 0.332 e. The Morgan fingerprint density at radius 1 is 1.12 bits per heavy atom. The molecule has 33 heavy (non-hydrogen) atoms. The number of amides is 2. The summed E-state index contributed by atoms with van der Waals surface area (Å²) in [6.07, 6.45) is -1.22. The lowest BCUT2D eigenvalue weighted by Crippen LogP contribution is -2.51. The van der Waals surface area contributed by atoms with E-state index >= 15 is 0 Å². The number of β-amino-alcohol motifs (C(OH)–C–C–N with tert-alkyl or cyclic N) is 1. The minimum atomic E-state index is -1.69. The monoisotopic (exact) mass is 474 g/mol. The first kappa shape index (κ1) is 24.7. The van der Waals surface area contributed by atoms with Crippen molar-refractivity contribution in [2.45, 2.75) is 43.9 Å². The van der Waals surface area contributed by atoms with Gasteiger partial charge >= 0.3 is 17.8 Å². The Labute approximate surface area is 196 Å². The van der Waals surface area contributed by atoms with Crippen LogP contribution in [0.3, 0.4) is 0 Å². The maximum atomic E-state index is 12.5. The van der Waals surface area contributed by atoms with Gasteiger partial charge in [0.05, 0.1) is 6.10 Å². The molecule has 3 rings (SSSR count). The Morgan fingerprint density at radius 3 is 2.48 bits per heavy atom. The number of carbonyl (C=O) groups is 3. The van der Waals surface area contributed by atoms with E-state index in [0.717, 1.165) is 16.7 Å². The Morgan fingerprint density at radius 2 is 1.85 bits per heavy atom. The zero-order valence-corrected chi connectivity index (χ0v) is 18.7. The van der Waals surface area contributed by atoms with Crippen molar-refractivity contribution >= 4 is 29.4 Å². The highest BCUT2D eigenvalue weighted by molar-refractivity contribution is 6.35. The van der Waals surface area contributed by atoms with Crippen molar-refractivity contribution in [3.8, 4) is 11.1 Å². The van der Waals surface area contributed by atoms with Gasteiger partial charge in [-0.15, -0.1) is 0 Å². The Kier molecular flexibility index (Phi) is 8.43. The number of piperidine rings is 1. The standard InChI is InChI=1S/C24H27ClN2O6/c25-18-4-1-3-17(12-18)16-8-6-15(7-9-16)11-19(13-21(29)24(32)33)26-22(30)23(31)27-10-2-5-20(28)14-27/h1,3-4,6-9,12,19-21,28-29H,2,5,10-11,13-14H2,(H,26,30)(H,32,33)/t19?,20-,21?/m1/s1. The first-order valence-electron chi connectivity index (χ1n) is 10.8. The molecule has 2 aromatic rings. The van der Waals surface area contributed by atoms with Crippen LogP contribution in [-0.2, 0) is 20.8 Å². The molecule has 9 heteroatoms. The zero-order chi connectivity index (χ0) is 24.0. The van der Waals surface area contributed by atoms with Crippen molar-refractivity contribution < 1.29 is 29.7 Å². The molecule has 1 heterocycles. The van der Waals surface area contributed by atoms with Gasteiger partial charge < -0.3 is 25.5 Å². The molecular formula is C24H27ClN2O6. The average molecular weight is 475 g/mol. The van der Waals surface area contributed by atoms with Gasteiger partial charge in [-0.05, 0) is 48.1 Å². The van der Waals surface area contributed by atoms with Crippen LogP contribution in [0.25, 0.3) is 11.1 Å². The van der Waals surface area contributed by atoms with E-state index in [1.807, 2.05) is 42.5 Å². The van der Waals surface area contributed by atoms with E-state index in [1.165, 1.54) is 4.90 Å². The molecule has 1 aliphatic rings. The van der Waals surface area contributed by atoms with Crippen LogP contribution >= 0.6 is 11.6 Å². The first-order chi connectivity index (χ1) is 15.7. The van der Waals surface area contributed by atoms with Gasteiger partial charge in [0.2, 0.25) is 0 Å². The number of aliphatic carboxylic acids is 1. The number of carboxylic acids is 1. The number of carboxylic acid groups (broad SMARTS) is 1. The lowest BCUT2D eigenvalue weighted by molar-refractivity contribution is -0.149. The number of likely N-dealkylation sites (tertiary alicyclic amines) is 1. The van der Waals surface area contributed by atoms with Crippen molar-refractivity contribution in [3.63, 3.8) is 0 Å². The van der Waals surface area contributed by atoms with Gasteiger partial charge in [0.25, 0.3) is 0 Å². The van der Waals surface area contributed by atoms with E-state index in [-0.39, 0.29) is 19.4 Å². The quantitative estimate of drug-likeness (QED) is 0.453. The van der Waals surface area contributed by atoms with Crippen LogP contribution in [0.5, 0.6) is 0 Å². The van der Waals surface area contributed by atoms with E-state index in [9.17, 15) is 24.6 Å². The molecule has 1 fully saturated rings. The minimum Gasteiger partial charge on any atom is -0.479 e. The number of nitrogens with one attached hydrogen (secondary N) is 1. The number of carbonyl (C=O) groups excluding carboxylic acids is 2. The average Bonchev–Trinajstić information content (AvgIpc) is 2.78. The van der Waals surface area contributed by atoms with Crippen LogP contribution in [0.1, 0.15) is 24.8 Å². The van der Waals surface area contributed by atoms with Crippen molar-refractivity contribution in [1.29, 1.82) is 0 Å². The first-order valence-corrected chi connectivity index (χ1v) is 11.1. The number of nitrogens with zero attached hydrogens (tertiary/aromatic N) is 1. The Bertz CT molecular complexity index is 997. The highest BCUT2D eigenvalue weighted by atomic mass is 35.5. The smallest absolute Gasteiger partial charge is 0.332 e. The van der Waals surface area contributed by atoms with Gasteiger partial charge in [-0.1, -0.05) is 48.0 Å². The maximum absolute atomic E-state index is 12.5. The molecule has 3 atom stereocenters. The third-order valence-corrected chi connectivity index (χ3v) is 5.84. The highest BCUT2D eigenvalue weighted by Gasteiger charge is 2.29. The van der Waals surface area contributed by atoms with E-state index < -0.39 is 36.0 Å². The van der Waals surface area contributed by atoms with Crippen LogP contribution in [0.4, 0.5) is 0 Å². The fraction of sp³-hybridized carbons (Fsp3) is 0.375. The summed E-state index contributed by atoms with van der Waals surface area (Å²) in [6.45, 7) is 0.455. The van der Waals surface area contributed by atoms with Gasteiger partial charge in [-0.25, -0.2) is 4.79 Å². The number of hydrogen-bond donors (Lipinski definition) is 4. The summed E-state index contributed by atoms with van der Waals surface area (Å²) < 4.78 is 0. The normalized spacial score (nSPS) is 17.8. The fourth-order valence-electron chi connectivity index (χ4n) is 3.88. The molecule has 1 saturated heterocycles. The number of aliphatic hydroxyl groups excluding tert-OH is 2. The van der Waals surface area contributed by atoms with Gasteiger partial charge in [-0.3, -0.25) is 9.59 Å². The fourth-order valence-corrected chi connectivity index (χ4v) is 4.07. The van der Waals surface area contributed by atoms with Crippen molar-refractivity contribution in [2.75, 3.05) is 13.1 Å². The van der Waals surface area contributed by atoms with Gasteiger partial charge in [-0.2, -0.15) is 0 Å². The molecule has 0 radical (unpaired) electrons. The molecule has 0 bridgehead atoms.